The van der Waals surface area contributed by atoms with Crippen LogP contribution in [0.5, 0.6) is 0 Å². The third-order valence-corrected chi connectivity index (χ3v) is 3.70. The van der Waals surface area contributed by atoms with Gasteiger partial charge in [0.15, 0.2) is 11.5 Å². The van der Waals surface area contributed by atoms with Crippen molar-refractivity contribution in [2.24, 2.45) is 27.2 Å². The number of aromatic nitrogens is 3. The lowest BCUT2D eigenvalue weighted by atomic mass is 10.2. The van der Waals surface area contributed by atoms with E-state index in [1.165, 1.54) is 6.07 Å². The van der Waals surface area contributed by atoms with Gasteiger partial charge in [0.1, 0.15) is 17.3 Å². The van der Waals surface area contributed by atoms with Crippen molar-refractivity contribution in [2.45, 2.75) is 6.54 Å². The van der Waals surface area contributed by atoms with Crippen LogP contribution in [0.15, 0.2) is 52.6 Å². The van der Waals surface area contributed by atoms with Gasteiger partial charge in [-0.25, -0.2) is 24.0 Å². The molecular weight excluding hydrogens is 335 g/mol. The van der Waals surface area contributed by atoms with Gasteiger partial charge in [0.2, 0.25) is 0 Å². The standard InChI is InChI=1S/C17H19FN8/c18-13-6-2-1-4-11(13)9-26-17-12(5-3-7-22-17)15(25-26)16(23-10-20)24-14(21)8-19/h1-7H,8-10,19-20H2,(H2,21,23,24). The average molecular weight is 354 g/mol. The number of hydrogen-bond acceptors (Lipinski definition) is 5. The lowest BCUT2D eigenvalue weighted by Gasteiger charge is -2.04. The van der Waals surface area contributed by atoms with E-state index < -0.39 is 0 Å². The third kappa shape index (κ3) is 3.58. The number of hydrogen-bond donors (Lipinski definition) is 3. The highest BCUT2D eigenvalue weighted by atomic mass is 19.1. The molecule has 0 spiro atoms. The Labute approximate surface area is 149 Å². The molecule has 0 bridgehead atoms. The van der Waals surface area contributed by atoms with Gasteiger partial charge in [-0.05, 0) is 18.2 Å². The molecule has 26 heavy (non-hydrogen) atoms. The second-order valence-corrected chi connectivity index (χ2v) is 5.44. The second-order valence-electron chi connectivity index (χ2n) is 5.44. The Morgan fingerprint density at radius 1 is 1.15 bits per heavy atom. The van der Waals surface area contributed by atoms with Gasteiger partial charge in [0, 0.05) is 11.8 Å². The predicted octanol–water partition coefficient (Wildman–Crippen LogP) is 0.597. The van der Waals surface area contributed by atoms with E-state index in [0.29, 0.717) is 22.3 Å². The molecule has 0 saturated carbocycles. The molecule has 3 aromatic rings. The summed E-state index contributed by atoms with van der Waals surface area (Å²) in [5.41, 5.74) is 18.3. The van der Waals surface area contributed by atoms with Crippen LogP contribution in [-0.2, 0) is 6.54 Å². The van der Waals surface area contributed by atoms with E-state index in [0.717, 1.165) is 0 Å². The summed E-state index contributed by atoms with van der Waals surface area (Å²) in [5.74, 6) is 0.161. The zero-order valence-electron chi connectivity index (χ0n) is 14.0. The van der Waals surface area contributed by atoms with Crippen molar-refractivity contribution in [3.05, 3.63) is 59.7 Å². The van der Waals surface area contributed by atoms with Crippen molar-refractivity contribution in [1.29, 1.82) is 0 Å². The lowest BCUT2D eigenvalue weighted by Crippen LogP contribution is -2.25. The molecule has 6 N–H and O–H groups in total. The number of aliphatic imine (C=N–C) groups is 2. The number of rotatable bonds is 5. The van der Waals surface area contributed by atoms with Gasteiger partial charge in [0.25, 0.3) is 0 Å². The van der Waals surface area contributed by atoms with Crippen LogP contribution in [0.25, 0.3) is 11.0 Å². The molecule has 0 amide bonds. The number of amidine groups is 2. The summed E-state index contributed by atoms with van der Waals surface area (Å²) in [6.45, 7) is 0.306. The van der Waals surface area contributed by atoms with Crippen molar-refractivity contribution in [3.8, 4) is 0 Å². The Bertz CT molecular complexity index is 976. The molecule has 134 valence electrons. The summed E-state index contributed by atoms with van der Waals surface area (Å²) < 4.78 is 15.6. The van der Waals surface area contributed by atoms with Gasteiger partial charge in [0.05, 0.1) is 25.1 Å². The highest BCUT2D eigenvalue weighted by Gasteiger charge is 2.17. The van der Waals surface area contributed by atoms with Crippen LogP contribution in [0, 0.1) is 5.82 Å². The van der Waals surface area contributed by atoms with Gasteiger partial charge in [-0.3, -0.25) is 0 Å². The molecule has 2 aromatic heterocycles. The summed E-state index contributed by atoms with van der Waals surface area (Å²) in [6, 6.07) is 10.1. The van der Waals surface area contributed by atoms with E-state index in [1.807, 2.05) is 6.07 Å². The van der Waals surface area contributed by atoms with Crippen LogP contribution in [0.4, 0.5) is 4.39 Å². The molecule has 0 unspecified atom stereocenters. The van der Waals surface area contributed by atoms with E-state index in [9.17, 15) is 4.39 Å². The summed E-state index contributed by atoms with van der Waals surface area (Å²) in [7, 11) is 0. The Hall–Kier alpha value is -3.17. The molecular formula is C17H19FN8. The number of halogens is 1. The number of benzene rings is 1. The SMILES string of the molecule is NC/N=C(\N=C(N)CN)c1nn(Cc2ccccc2F)c2ncccc12. The van der Waals surface area contributed by atoms with Gasteiger partial charge in [-0.15, -0.1) is 0 Å². The van der Waals surface area contributed by atoms with Crippen LogP contribution >= 0.6 is 0 Å². The van der Waals surface area contributed by atoms with Crippen LogP contribution in [0.2, 0.25) is 0 Å². The quantitative estimate of drug-likeness (QED) is 0.456. The molecule has 0 fully saturated rings. The van der Waals surface area contributed by atoms with E-state index in [-0.39, 0.29) is 37.2 Å². The molecule has 8 nitrogen and oxygen atoms in total. The zero-order valence-corrected chi connectivity index (χ0v) is 14.0. The Balaban J connectivity index is 2.13. The molecule has 2 heterocycles. The fraction of sp³-hybridized carbons (Fsp3) is 0.176. The smallest absolute Gasteiger partial charge is 0.179 e. The minimum atomic E-state index is -0.310. The maximum absolute atomic E-state index is 14.0. The number of fused-ring (bicyclic) bond motifs is 1. The van der Waals surface area contributed by atoms with Gasteiger partial charge in [-0.1, -0.05) is 18.2 Å². The summed E-state index contributed by atoms with van der Waals surface area (Å²) in [6.07, 6.45) is 1.64. The van der Waals surface area contributed by atoms with Crippen LogP contribution in [0.1, 0.15) is 11.3 Å². The molecule has 0 aliphatic rings. The summed E-state index contributed by atoms with van der Waals surface area (Å²) >= 11 is 0. The topological polar surface area (TPSA) is 133 Å². The number of nitrogens with zero attached hydrogens (tertiary/aromatic N) is 5. The summed E-state index contributed by atoms with van der Waals surface area (Å²) in [4.78, 5) is 12.7. The highest BCUT2D eigenvalue weighted by molar-refractivity contribution is 6.11. The maximum atomic E-state index is 14.0. The van der Waals surface area contributed by atoms with Gasteiger partial charge >= 0.3 is 0 Å². The van der Waals surface area contributed by atoms with E-state index in [4.69, 9.17) is 17.2 Å². The molecule has 0 aliphatic heterocycles. The van der Waals surface area contributed by atoms with E-state index in [1.54, 1.807) is 35.1 Å². The number of pyridine rings is 1. The molecule has 1 aromatic carbocycles. The monoisotopic (exact) mass is 354 g/mol. The van der Waals surface area contributed by atoms with Crippen molar-refractivity contribution < 1.29 is 4.39 Å². The maximum Gasteiger partial charge on any atom is 0.179 e. The third-order valence-electron chi connectivity index (χ3n) is 3.70. The largest absolute Gasteiger partial charge is 0.386 e. The first kappa shape index (κ1) is 17.6. The van der Waals surface area contributed by atoms with E-state index >= 15 is 0 Å². The second kappa shape index (κ2) is 7.81. The van der Waals surface area contributed by atoms with Crippen molar-refractivity contribution in [3.63, 3.8) is 0 Å². The molecule has 0 radical (unpaired) electrons. The Kier molecular flexibility index (Phi) is 5.30. The van der Waals surface area contributed by atoms with E-state index in [2.05, 4.69) is 20.1 Å². The first-order valence-corrected chi connectivity index (χ1v) is 7.97. The highest BCUT2D eigenvalue weighted by Crippen LogP contribution is 2.19. The minimum Gasteiger partial charge on any atom is -0.386 e. The zero-order chi connectivity index (χ0) is 18.5. The predicted molar refractivity (Wildman–Crippen MR) is 99.3 cm³/mol. The normalized spacial score (nSPS) is 12.7. The minimum absolute atomic E-state index is 0.0125. The van der Waals surface area contributed by atoms with Crippen molar-refractivity contribution in [2.75, 3.05) is 13.2 Å². The number of nitrogens with two attached hydrogens (primary N) is 3. The molecule has 9 heteroatoms. The fourth-order valence-electron chi connectivity index (χ4n) is 2.50. The lowest BCUT2D eigenvalue weighted by molar-refractivity contribution is 0.589. The van der Waals surface area contributed by atoms with Gasteiger partial charge in [-0.2, -0.15) is 5.10 Å². The Morgan fingerprint density at radius 2 is 1.96 bits per heavy atom. The van der Waals surface area contributed by atoms with Crippen LogP contribution < -0.4 is 17.2 Å². The van der Waals surface area contributed by atoms with Crippen molar-refractivity contribution >= 4 is 22.7 Å². The average Bonchev–Trinajstić information content (AvgIpc) is 3.02. The molecule has 0 aliphatic carbocycles. The first-order chi connectivity index (χ1) is 12.6. The van der Waals surface area contributed by atoms with Crippen LogP contribution in [-0.4, -0.2) is 39.6 Å². The summed E-state index contributed by atoms with van der Waals surface area (Å²) in [5, 5.41) is 5.24. The first-order valence-electron chi connectivity index (χ1n) is 7.97. The fourth-order valence-corrected chi connectivity index (χ4v) is 2.50. The Morgan fingerprint density at radius 3 is 2.69 bits per heavy atom. The van der Waals surface area contributed by atoms with Crippen molar-refractivity contribution in [1.82, 2.24) is 14.8 Å². The molecule has 0 atom stereocenters. The molecule has 3 rings (SSSR count). The van der Waals surface area contributed by atoms with Crippen LogP contribution in [0.3, 0.4) is 0 Å². The molecule has 0 saturated heterocycles. The van der Waals surface area contributed by atoms with Gasteiger partial charge < -0.3 is 17.2 Å².